The quantitative estimate of drug-likeness (QED) is 0.210. The van der Waals surface area contributed by atoms with Crippen LogP contribution in [-0.4, -0.2) is 15.4 Å². The van der Waals surface area contributed by atoms with Gasteiger partial charge in [0.2, 0.25) is 0 Å². The van der Waals surface area contributed by atoms with Gasteiger partial charge in [-0.05, 0) is 33.5 Å². The van der Waals surface area contributed by atoms with Crippen LogP contribution in [0.1, 0.15) is 0 Å². The second kappa shape index (κ2) is 13.4. The molecule has 4 aliphatic rings. The summed E-state index contributed by atoms with van der Waals surface area (Å²) in [5, 5.41) is 0. The zero-order valence-corrected chi connectivity index (χ0v) is 22.3. The average Bonchev–Trinajstić information content (AvgIpc) is 3.17. The van der Waals surface area contributed by atoms with Gasteiger partial charge in [0.25, 0.3) is 0 Å². The monoisotopic (exact) mass is 606 g/mol. The van der Waals surface area contributed by atoms with E-state index in [0.717, 1.165) is 20.3 Å². The van der Waals surface area contributed by atoms with E-state index in [0.29, 0.717) is 0 Å². The van der Waals surface area contributed by atoms with Crippen molar-refractivity contribution in [1.82, 2.24) is 9.97 Å². The van der Waals surface area contributed by atoms with Crippen LogP contribution in [0.25, 0.3) is 22.5 Å². The predicted molar refractivity (Wildman–Crippen MR) is 105 cm³/mol. The standard InChI is InChI=1S/2C8H5BrN.C2H6Si.2ClH.Zr/c2*9-7-4-5-10-8-3-1-2-6(7)8;1-3-2;;;/h2*1-2,4-5,10H;1-2H3;2*1H;/q2*-1;;;;+2/p-2. The Morgan fingerprint density at radius 2 is 1.15 bits per heavy atom. The third kappa shape index (κ3) is 8.04. The molecule has 26 heavy (non-hydrogen) atoms. The van der Waals surface area contributed by atoms with E-state index in [1.807, 2.05) is 48.8 Å². The van der Waals surface area contributed by atoms with Crippen molar-refractivity contribution in [3.63, 3.8) is 0 Å². The van der Waals surface area contributed by atoms with Gasteiger partial charge in [0.05, 0.1) is 0 Å². The molecule has 2 aliphatic carbocycles. The molecule has 0 radical (unpaired) electrons. The summed E-state index contributed by atoms with van der Waals surface area (Å²) in [6, 6.07) is 18.0. The van der Waals surface area contributed by atoms with Crippen molar-refractivity contribution >= 4 is 37.3 Å². The topological polar surface area (TPSA) is 31.6 Å². The first-order valence-corrected chi connectivity index (χ1v) is 15.0. The van der Waals surface area contributed by atoms with Crippen LogP contribution < -0.4 is 24.8 Å². The number of fused-ring (bicyclic) bond motifs is 2. The fourth-order valence-electron chi connectivity index (χ4n) is 1.95. The summed E-state index contributed by atoms with van der Waals surface area (Å²) in [6.07, 6.45) is 3.78. The van der Waals surface area contributed by atoms with Gasteiger partial charge in [0.1, 0.15) is 0 Å². The van der Waals surface area contributed by atoms with E-state index in [-0.39, 0.29) is 30.2 Å². The first-order valence-electron chi connectivity index (χ1n) is 7.27. The van der Waals surface area contributed by atoms with Crippen LogP contribution in [0, 0.1) is 12.1 Å². The van der Waals surface area contributed by atoms with Gasteiger partial charge in [-0.2, -0.15) is 24.3 Å². The third-order valence-electron chi connectivity index (χ3n) is 2.92. The number of aromatic amines is 2. The summed E-state index contributed by atoms with van der Waals surface area (Å²) >= 11 is 8.61. The number of nitrogens with one attached hydrogen (secondary N) is 2. The van der Waals surface area contributed by atoms with Crippen molar-refractivity contribution < 1.29 is 48.1 Å². The van der Waals surface area contributed by atoms with Crippen LogP contribution in [0.4, 0.5) is 0 Å². The van der Waals surface area contributed by atoms with Crippen LogP contribution in [0.15, 0.2) is 57.7 Å². The Morgan fingerprint density at radius 3 is 1.46 bits per heavy atom. The van der Waals surface area contributed by atoms with Crippen LogP contribution in [0.5, 0.6) is 0 Å². The molecule has 0 aromatic rings. The van der Waals surface area contributed by atoms with Gasteiger partial charge in [-0.3, -0.25) is 0 Å². The smallest absolute Gasteiger partial charge is 1.00 e. The first kappa shape index (κ1) is 26.2. The fraction of sp³-hybridized carbons (Fsp3) is 0.111. The van der Waals surface area contributed by atoms with Gasteiger partial charge in [-0.25, -0.2) is 12.1 Å². The molecule has 2 N–H and O–H groups in total. The number of H-pyrrole nitrogens is 2. The Hall–Kier alpha value is 0.160. The molecule has 2 heterocycles. The molecule has 0 aromatic heterocycles. The molecule has 2 nitrogen and oxygen atoms in total. The summed E-state index contributed by atoms with van der Waals surface area (Å²) in [4.78, 5) is 6.17. The van der Waals surface area contributed by atoms with E-state index >= 15 is 0 Å². The van der Waals surface area contributed by atoms with Crippen molar-refractivity contribution in [2.45, 2.75) is 13.1 Å². The summed E-state index contributed by atoms with van der Waals surface area (Å²) < 4.78 is 2.23. The third-order valence-corrected chi connectivity index (χ3v) is 4.31. The second-order valence-electron chi connectivity index (χ2n) is 5.18. The zero-order chi connectivity index (χ0) is 17.5. The van der Waals surface area contributed by atoms with Gasteiger partial charge in [0.15, 0.2) is 0 Å². The molecule has 4 rings (SSSR count). The van der Waals surface area contributed by atoms with Crippen molar-refractivity contribution in [1.29, 1.82) is 0 Å². The van der Waals surface area contributed by atoms with E-state index in [1.165, 1.54) is 11.1 Å². The van der Waals surface area contributed by atoms with Gasteiger partial charge in [-0.15, -0.1) is 11.1 Å². The van der Waals surface area contributed by atoms with E-state index < -0.39 is 0 Å². The summed E-state index contributed by atoms with van der Waals surface area (Å²) in [6.45, 7) is 4.62. The average molecular weight is 610 g/mol. The van der Waals surface area contributed by atoms with Crippen LogP contribution in [0.2, 0.25) is 13.1 Å². The van der Waals surface area contributed by atoms with Crippen LogP contribution in [-0.2, 0) is 23.3 Å². The van der Waals surface area contributed by atoms with Gasteiger partial charge in [0, 0.05) is 0 Å². The largest absolute Gasteiger partial charge is 1.00 e. The van der Waals surface area contributed by atoms with Gasteiger partial charge < -0.3 is 34.8 Å². The molecule has 0 saturated carbocycles. The van der Waals surface area contributed by atoms with Crippen molar-refractivity contribution in [3.05, 3.63) is 69.9 Å². The first-order chi connectivity index (χ1) is 11.5. The molecule has 0 amide bonds. The van der Waals surface area contributed by atoms with Gasteiger partial charge in [-0.1, -0.05) is 43.2 Å². The zero-order valence-electron chi connectivity index (χ0n) is 14.1. The number of hydrogen-bond acceptors (Lipinski definition) is 0. The SMILES string of the molecule is Brc1cc[nH]c2[c-]ccc1-2.Brc1cc[nH]c2[c-]ccc1-2.C[Si](C)=[Zr+2].[Cl-].[Cl-]. The predicted octanol–water partition coefficient (Wildman–Crippen LogP) is 0.157. The number of halogens is 4. The molecule has 8 heteroatoms. The Labute approximate surface area is 199 Å². The Morgan fingerprint density at radius 1 is 0.808 bits per heavy atom. The molecule has 0 bridgehead atoms. The minimum absolute atomic E-state index is 0. The molecule has 0 atom stereocenters. The van der Waals surface area contributed by atoms with Crippen molar-refractivity contribution in [2.75, 3.05) is 0 Å². The summed E-state index contributed by atoms with van der Waals surface area (Å²) in [5.41, 5.74) is 4.68. The Balaban J connectivity index is 0.000000378. The maximum Gasteiger partial charge on any atom is -1.00 e. The number of aromatic nitrogens is 2. The van der Waals surface area contributed by atoms with E-state index in [9.17, 15) is 0 Å². The molecule has 2 aliphatic heterocycles. The van der Waals surface area contributed by atoms with Crippen LogP contribution in [0.3, 0.4) is 0 Å². The minimum atomic E-state index is 0. The molecular formula is C18H16Br2Cl2N2SiZr-2. The number of rotatable bonds is 0. The van der Waals surface area contributed by atoms with Gasteiger partial charge >= 0.3 is 41.9 Å². The van der Waals surface area contributed by atoms with E-state index in [4.69, 9.17) is 0 Å². The number of pyridine rings is 2. The van der Waals surface area contributed by atoms with E-state index in [2.05, 4.69) is 67.1 Å². The Bertz CT molecular complexity index is 797. The van der Waals surface area contributed by atoms with Crippen molar-refractivity contribution in [2.24, 2.45) is 0 Å². The molecule has 0 spiro atoms. The maximum absolute atomic E-state index is 3.44. The normalized spacial score (nSPS) is 9.15. The Kier molecular flexibility index (Phi) is 13.4. The van der Waals surface area contributed by atoms with Crippen molar-refractivity contribution in [3.8, 4) is 22.5 Å². The molecular weight excluding hydrogens is 594 g/mol. The summed E-state index contributed by atoms with van der Waals surface area (Å²) in [5.74, 6) is 0. The second-order valence-corrected chi connectivity index (χ2v) is 16.3. The molecule has 136 valence electrons. The molecule has 0 aromatic carbocycles. The molecule has 0 unspecified atom stereocenters. The number of hydrogen-bond donors (Lipinski definition) is 2. The minimum Gasteiger partial charge on any atom is -1.00 e. The molecule has 0 fully saturated rings. The van der Waals surface area contributed by atoms with Crippen LogP contribution >= 0.6 is 31.9 Å². The summed E-state index contributed by atoms with van der Waals surface area (Å²) in [7, 11) is 0. The maximum atomic E-state index is 3.44. The molecule has 0 saturated heterocycles. The fourth-order valence-corrected chi connectivity index (χ4v) is 2.88. The van der Waals surface area contributed by atoms with E-state index in [1.54, 1.807) is 23.3 Å².